The topological polar surface area (TPSA) is 116 Å². The van der Waals surface area contributed by atoms with Crippen molar-refractivity contribution in [2.24, 2.45) is 0 Å². The van der Waals surface area contributed by atoms with Crippen molar-refractivity contribution < 1.29 is 19.1 Å². The number of rotatable bonds is 4. The Balaban J connectivity index is 2.06. The Morgan fingerprint density at radius 1 is 1.41 bits per heavy atom. The smallest absolute Gasteiger partial charge is 0.339 e. The first-order valence-corrected chi connectivity index (χ1v) is 8.86. The van der Waals surface area contributed by atoms with Crippen LogP contribution >= 0.6 is 11.6 Å². The number of H-pyrrole nitrogens is 1. The van der Waals surface area contributed by atoms with E-state index in [1.807, 2.05) is 0 Å². The van der Waals surface area contributed by atoms with E-state index in [-0.39, 0.29) is 33.2 Å². The summed E-state index contributed by atoms with van der Waals surface area (Å²) in [4.78, 5) is 26.3. The molecule has 0 unspecified atom stereocenters. The second-order valence-corrected chi connectivity index (χ2v) is 6.35. The summed E-state index contributed by atoms with van der Waals surface area (Å²) in [6.07, 6.45) is 1.41. The van der Waals surface area contributed by atoms with Gasteiger partial charge in [-0.3, -0.25) is 9.78 Å². The summed E-state index contributed by atoms with van der Waals surface area (Å²) in [6, 6.07) is 9.86. The van der Waals surface area contributed by atoms with Gasteiger partial charge in [0.2, 0.25) is 5.88 Å². The molecule has 0 saturated carbocycles. The fraction of sp³-hybridized carbons (Fsp3) is 0.0952. The lowest BCUT2D eigenvalue weighted by molar-refractivity contribution is 0.0526. The maximum absolute atomic E-state index is 12.1. The third kappa shape index (κ3) is 3.93. The van der Waals surface area contributed by atoms with Gasteiger partial charge >= 0.3 is 5.97 Å². The predicted octanol–water partition coefficient (Wildman–Crippen LogP) is 2.28. The van der Waals surface area contributed by atoms with Crippen LogP contribution in [0.15, 0.2) is 39.5 Å². The molecule has 0 bridgehead atoms. The zero-order valence-electron chi connectivity index (χ0n) is 15.3. The first-order chi connectivity index (χ1) is 13.8. The van der Waals surface area contributed by atoms with Crippen molar-refractivity contribution in [1.82, 2.24) is 4.98 Å². The van der Waals surface area contributed by atoms with Crippen LogP contribution in [0.1, 0.15) is 28.6 Å². The highest BCUT2D eigenvalue weighted by Gasteiger charge is 2.14. The van der Waals surface area contributed by atoms with Crippen molar-refractivity contribution in [1.29, 1.82) is 5.26 Å². The maximum atomic E-state index is 12.1. The Bertz CT molecular complexity index is 1310. The molecule has 0 fully saturated rings. The molecule has 0 radical (unpaired) electrons. The largest absolute Gasteiger partial charge is 0.494 e. The number of pyridine rings is 1. The molecule has 0 aliphatic rings. The lowest BCUT2D eigenvalue weighted by Crippen LogP contribution is -2.41. The molecule has 1 aromatic carbocycles. The van der Waals surface area contributed by atoms with Crippen molar-refractivity contribution in [2.45, 2.75) is 6.92 Å². The number of halogens is 1. The van der Waals surface area contributed by atoms with Gasteiger partial charge in [-0.1, -0.05) is 18.2 Å². The second-order valence-electron chi connectivity index (χ2n) is 5.94. The van der Waals surface area contributed by atoms with E-state index < -0.39 is 17.4 Å². The summed E-state index contributed by atoms with van der Waals surface area (Å²) >= 11 is 6.07. The summed E-state index contributed by atoms with van der Waals surface area (Å²) < 4.78 is 10.7. The van der Waals surface area contributed by atoms with Crippen molar-refractivity contribution in [3.8, 4) is 23.3 Å². The van der Waals surface area contributed by atoms with Gasteiger partial charge in [-0.05, 0) is 43.3 Å². The minimum atomic E-state index is -0.611. The lowest BCUT2D eigenvalue weighted by atomic mass is 10.1. The normalized spacial score (nSPS) is 11.3. The van der Waals surface area contributed by atoms with E-state index in [1.54, 1.807) is 43.3 Å². The van der Waals surface area contributed by atoms with Gasteiger partial charge < -0.3 is 14.3 Å². The van der Waals surface area contributed by atoms with E-state index in [2.05, 4.69) is 11.6 Å². The molecule has 0 saturated heterocycles. The molecular weight excluding hydrogens is 396 g/mol. The number of aromatic amines is 1. The van der Waals surface area contributed by atoms with Crippen molar-refractivity contribution in [2.75, 3.05) is 6.61 Å². The second kappa shape index (κ2) is 8.09. The fourth-order valence-electron chi connectivity index (χ4n) is 2.70. The highest BCUT2D eigenvalue weighted by atomic mass is 35.5. The molecule has 3 rings (SSSR count). The van der Waals surface area contributed by atoms with E-state index in [1.165, 1.54) is 6.08 Å². The minimum absolute atomic E-state index is 0.0859. The Kier molecular flexibility index (Phi) is 5.57. The monoisotopic (exact) mass is 410 g/mol. The lowest BCUT2D eigenvalue weighted by Gasteiger charge is -2.05. The molecule has 0 aliphatic heterocycles. The summed E-state index contributed by atoms with van der Waals surface area (Å²) in [5, 5.41) is 19.2. The van der Waals surface area contributed by atoms with Gasteiger partial charge in [-0.25, -0.2) is 4.79 Å². The standard InChI is InChI=1S/C21H15ClN2O5/c1-3-28-21(27)15-8-12(4-6-17(15)22)18-7-5-13(29-18)9-14-11(2)16(10-23)20(26)24-19(14)25/h4-9,26H,2-3H2,1H3,(H,24,25). The van der Waals surface area contributed by atoms with Crippen LogP contribution in [-0.2, 0) is 4.74 Å². The third-order valence-electron chi connectivity index (χ3n) is 4.11. The number of carbonyl (C=O) groups is 1. The van der Waals surface area contributed by atoms with Crippen LogP contribution in [0, 0.1) is 11.3 Å². The van der Waals surface area contributed by atoms with Gasteiger partial charge in [0.15, 0.2) is 0 Å². The number of furan rings is 1. The van der Waals surface area contributed by atoms with Gasteiger partial charge in [0.05, 0.1) is 22.4 Å². The minimum Gasteiger partial charge on any atom is -0.494 e. The number of aromatic hydroxyl groups is 1. The number of hydrogen-bond acceptors (Lipinski definition) is 6. The molecule has 3 aromatic rings. The number of nitriles is 1. The summed E-state index contributed by atoms with van der Waals surface area (Å²) in [7, 11) is 0. The SMILES string of the molecule is C=c1c(C#N)c(O)[nH]c(=O)c1=Cc1ccc(-c2ccc(Cl)c(C(=O)OCC)c2)o1. The van der Waals surface area contributed by atoms with Crippen LogP contribution < -0.4 is 16.0 Å². The highest BCUT2D eigenvalue weighted by molar-refractivity contribution is 6.33. The number of nitrogens with one attached hydrogen (secondary N) is 1. The molecule has 8 heteroatoms. The molecule has 2 heterocycles. The van der Waals surface area contributed by atoms with E-state index in [0.29, 0.717) is 17.1 Å². The molecule has 29 heavy (non-hydrogen) atoms. The highest BCUT2D eigenvalue weighted by Crippen LogP contribution is 2.27. The summed E-state index contributed by atoms with van der Waals surface area (Å²) in [6.45, 7) is 5.61. The van der Waals surface area contributed by atoms with Crippen LogP contribution in [0.2, 0.25) is 5.02 Å². The van der Waals surface area contributed by atoms with Gasteiger partial charge in [0, 0.05) is 10.8 Å². The Morgan fingerprint density at radius 3 is 2.86 bits per heavy atom. The molecule has 0 atom stereocenters. The Labute approximate surface area is 169 Å². The van der Waals surface area contributed by atoms with E-state index in [0.717, 1.165) is 0 Å². The first-order valence-electron chi connectivity index (χ1n) is 8.48. The quantitative estimate of drug-likeness (QED) is 0.637. The molecule has 2 aromatic heterocycles. The fourth-order valence-corrected chi connectivity index (χ4v) is 2.89. The number of carbonyl (C=O) groups excluding carboxylic acids is 1. The number of benzene rings is 1. The molecule has 7 nitrogen and oxygen atoms in total. The van der Waals surface area contributed by atoms with Crippen LogP contribution in [0.5, 0.6) is 5.88 Å². The van der Waals surface area contributed by atoms with Crippen LogP contribution in [0.3, 0.4) is 0 Å². The predicted molar refractivity (Wildman–Crippen MR) is 107 cm³/mol. The van der Waals surface area contributed by atoms with Crippen LogP contribution in [-0.4, -0.2) is 22.7 Å². The van der Waals surface area contributed by atoms with E-state index in [4.69, 9.17) is 26.0 Å². The number of nitrogens with zero attached hydrogens (tertiary/aromatic N) is 1. The molecule has 146 valence electrons. The Morgan fingerprint density at radius 2 is 2.17 bits per heavy atom. The Hall–Kier alpha value is -3.76. The number of esters is 1. The van der Waals surface area contributed by atoms with E-state index in [9.17, 15) is 14.7 Å². The maximum Gasteiger partial charge on any atom is 0.339 e. The van der Waals surface area contributed by atoms with Crippen LogP contribution in [0.4, 0.5) is 0 Å². The average Bonchev–Trinajstić information content (AvgIpc) is 3.14. The number of ether oxygens (including phenoxy) is 1. The van der Waals surface area contributed by atoms with Gasteiger partial charge in [-0.15, -0.1) is 0 Å². The molecule has 0 amide bonds. The van der Waals surface area contributed by atoms with Crippen LogP contribution in [0.25, 0.3) is 24.0 Å². The number of aromatic nitrogens is 1. The zero-order valence-corrected chi connectivity index (χ0v) is 16.0. The third-order valence-corrected chi connectivity index (χ3v) is 4.44. The van der Waals surface area contributed by atoms with Gasteiger partial charge in [0.1, 0.15) is 23.2 Å². The van der Waals surface area contributed by atoms with Crippen molar-refractivity contribution in [3.63, 3.8) is 0 Å². The van der Waals surface area contributed by atoms with E-state index >= 15 is 0 Å². The van der Waals surface area contributed by atoms with Gasteiger partial charge in [0.25, 0.3) is 5.56 Å². The number of hydrogen-bond donors (Lipinski definition) is 2. The van der Waals surface area contributed by atoms with Crippen molar-refractivity contribution in [3.05, 3.63) is 73.0 Å². The summed E-state index contributed by atoms with van der Waals surface area (Å²) in [5.41, 5.74) is 0.0610. The molecule has 2 N–H and O–H groups in total. The van der Waals surface area contributed by atoms with Crippen molar-refractivity contribution >= 4 is 30.2 Å². The molecule has 0 spiro atoms. The zero-order chi connectivity index (χ0) is 21.1. The average molecular weight is 411 g/mol. The first kappa shape index (κ1) is 20.0. The molecule has 0 aliphatic carbocycles. The van der Waals surface area contributed by atoms with Gasteiger partial charge in [-0.2, -0.15) is 5.26 Å². The summed E-state index contributed by atoms with van der Waals surface area (Å²) in [5.74, 6) is -0.330. The molecular formula is C21H15ClN2O5.